The van der Waals surface area contributed by atoms with Crippen molar-refractivity contribution in [3.63, 3.8) is 0 Å². The number of rotatable bonds is 2. The van der Waals surface area contributed by atoms with E-state index < -0.39 is 10.8 Å². The lowest BCUT2D eigenvalue weighted by Gasteiger charge is -2.24. The summed E-state index contributed by atoms with van der Waals surface area (Å²) in [5.74, 6) is 1.35. The van der Waals surface area contributed by atoms with Crippen LogP contribution in [0.15, 0.2) is 18.2 Å². The van der Waals surface area contributed by atoms with Gasteiger partial charge in [0.1, 0.15) is 5.82 Å². The maximum absolute atomic E-state index is 12.9. The molecule has 0 aliphatic carbocycles. The highest BCUT2D eigenvalue weighted by atomic mass is 32.2. The van der Waals surface area contributed by atoms with Gasteiger partial charge in [0.15, 0.2) is 0 Å². The number of nitrogens with one attached hydrogen (secondary N) is 1. The molecule has 1 aliphatic heterocycles. The lowest BCUT2D eigenvalue weighted by molar-refractivity contribution is 0.620. The van der Waals surface area contributed by atoms with E-state index in [0.29, 0.717) is 6.04 Å². The number of hydrogen-bond acceptors (Lipinski definition) is 2. The van der Waals surface area contributed by atoms with E-state index in [1.165, 1.54) is 12.1 Å². The van der Waals surface area contributed by atoms with Crippen molar-refractivity contribution >= 4 is 16.5 Å². The Hall–Kier alpha value is -0.900. The molecule has 0 atom stereocenters. The molecule has 88 valence electrons. The average molecular weight is 241 g/mol. The van der Waals surface area contributed by atoms with E-state index in [4.69, 9.17) is 0 Å². The van der Waals surface area contributed by atoms with Crippen LogP contribution in [0.4, 0.5) is 10.1 Å². The highest BCUT2D eigenvalue weighted by Crippen LogP contribution is 2.20. The van der Waals surface area contributed by atoms with Gasteiger partial charge < -0.3 is 5.32 Å². The quantitative estimate of drug-likeness (QED) is 0.861. The predicted octanol–water partition coefficient (Wildman–Crippen LogP) is 2.46. The summed E-state index contributed by atoms with van der Waals surface area (Å²) in [6.45, 7) is 1.90. The molecule has 1 heterocycles. The van der Waals surface area contributed by atoms with Gasteiger partial charge in [-0.15, -0.1) is 0 Å². The fraction of sp³-hybridized carbons (Fsp3) is 0.500. The van der Waals surface area contributed by atoms with Gasteiger partial charge in [-0.25, -0.2) is 4.39 Å². The Kier molecular flexibility index (Phi) is 3.59. The van der Waals surface area contributed by atoms with Gasteiger partial charge in [-0.05, 0) is 43.5 Å². The Balaban J connectivity index is 2.01. The molecule has 1 aliphatic rings. The van der Waals surface area contributed by atoms with Gasteiger partial charge in [0.05, 0.1) is 0 Å². The van der Waals surface area contributed by atoms with E-state index in [0.717, 1.165) is 35.6 Å². The number of benzene rings is 1. The molecular formula is C12H16FNOS. The minimum absolute atomic E-state index is 0.201. The van der Waals surface area contributed by atoms with Crippen LogP contribution in [-0.4, -0.2) is 21.8 Å². The second-order valence-corrected chi connectivity index (χ2v) is 5.92. The molecule has 0 amide bonds. The lowest BCUT2D eigenvalue weighted by atomic mass is 10.1. The summed E-state index contributed by atoms with van der Waals surface area (Å²) in [4.78, 5) is 0. The second-order valence-electron chi connectivity index (χ2n) is 4.23. The van der Waals surface area contributed by atoms with Crippen LogP contribution in [0, 0.1) is 12.7 Å². The zero-order valence-electron chi connectivity index (χ0n) is 9.33. The van der Waals surface area contributed by atoms with Gasteiger partial charge in [0.2, 0.25) is 0 Å². The van der Waals surface area contributed by atoms with Crippen LogP contribution in [0.2, 0.25) is 0 Å². The molecule has 2 rings (SSSR count). The molecule has 0 aromatic heterocycles. The van der Waals surface area contributed by atoms with E-state index >= 15 is 0 Å². The van der Waals surface area contributed by atoms with Crippen LogP contribution >= 0.6 is 0 Å². The molecule has 1 N–H and O–H groups in total. The second kappa shape index (κ2) is 4.95. The fourth-order valence-electron chi connectivity index (χ4n) is 1.95. The van der Waals surface area contributed by atoms with Gasteiger partial charge in [-0.3, -0.25) is 4.21 Å². The van der Waals surface area contributed by atoms with Crippen molar-refractivity contribution in [2.45, 2.75) is 25.8 Å². The maximum Gasteiger partial charge on any atom is 0.123 e. The van der Waals surface area contributed by atoms with Crippen molar-refractivity contribution in [2.75, 3.05) is 16.8 Å². The van der Waals surface area contributed by atoms with E-state index in [9.17, 15) is 8.60 Å². The Labute approximate surface area is 97.7 Å². The molecule has 1 aromatic carbocycles. The van der Waals surface area contributed by atoms with Gasteiger partial charge >= 0.3 is 0 Å². The Morgan fingerprint density at radius 2 is 2.06 bits per heavy atom. The van der Waals surface area contributed by atoms with Gasteiger partial charge in [0.25, 0.3) is 0 Å². The molecule has 0 bridgehead atoms. The topological polar surface area (TPSA) is 29.1 Å². The van der Waals surface area contributed by atoms with Crippen molar-refractivity contribution in [2.24, 2.45) is 0 Å². The highest BCUT2D eigenvalue weighted by Gasteiger charge is 2.17. The molecule has 16 heavy (non-hydrogen) atoms. The summed E-state index contributed by atoms with van der Waals surface area (Å²) in [6, 6.07) is 5.15. The molecule has 2 nitrogen and oxygen atoms in total. The Morgan fingerprint density at radius 1 is 1.38 bits per heavy atom. The first kappa shape index (κ1) is 11.6. The smallest absolute Gasteiger partial charge is 0.123 e. The van der Waals surface area contributed by atoms with Crippen molar-refractivity contribution in [1.82, 2.24) is 0 Å². The first-order valence-electron chi connectivity index (χ1n) is 5.53. The highest BCUT2D eigenvalue weighted by molar-refractivity contribution is 7.85. The summed E-state index contributed by atoms with van der Waals surface area (Å²) in [7, 11) is -0.628. The molecule has 1 saturated heterocycles. The lowest BCUT2D eigenvalue weighted by Crippen LogP contribution is -2.29. The summed E-state index contributed by atoms with van der Waals surface area (Å²) >= 11 is 0. The SMILES string of the molecule is Cc1cc(F)ccc1NC1CCS(=O)CC1. The molecule has 4 heteroatoms. The van der Waals surface area contributed by atoms with Crippen LogP contribution in [0.5, 0.6) is 0 Å². The summed E-state index contributed by atoms with van der Waals surface area (Å²) in [6.07, 6.45) is 1.87. The van der Waals surface area contributed by atoms with Crippen LogP contribution in [0.3, 0.4) is 0 Å². The number of anilines is 1. The minimum atomic E-state index is -0.628. The number of halogens is 1. The van der Waals surface area contributed by atoms with Gasteiger partial charge in [-0.1, -0.05) is 0 Å². The molecule has 0 spiro atoms. The van der Waals surface area contributed by atoms with E-state index in [1.807, 2.05) is 6.92 Å². The van der Waals surface area contributed by atoms with Crippen molar-refractivity contribution < 1.29 is 8.60 Å². The van der Waals surface area contributed by atoms with Gasteiger partial charge in [0, 0.05) is 34.0 Å². The molecule has 1 fully saturated rings. The predicted molar refractivity (Wildman–Crippen MR) is 65.7 cm³/mol. The number of aryl methyl sites for hydroxylation is 1. The molecular weight excluding hydrogens is 225 g/mol. The normalized spacial score (nSPS) is 25.4. The Bertz CT molecular complexity index is 398. The first-order valence-corrected chi connectivity index (χ1v) is 7.01. The summed E-state index contributed by atoms with van der Waals surface area (Å²) < 4.78 is 24.1. The van der Waals surface area contributed by atoms with Crippen LogP contribution in [-0.2, 0) is 10.8 Å². The third kappa shape index (κ3) is 2.82. The third-order valence-electron chi connectivity index (χ3n) is 2.94. The largest absolute Gasteiger partial charge is 0.382 e. The first-order chi connectivity index (χ1) is 7.65. The maximum atomic E-state index is 12.9. The monoisotopic (exact) mass is 241 g/mol. The molecule has 1 aromatic rings. The average Bonchev–Trinajstić information content (AvgIpc) is 2.25. The third-order valence-corrected chi connectivity index (χ3v) is 4.32. The standard InChI is InChI=1S/C12H16FNOS/c1-9-8-10(13)2-3-12(9)14-11-4-6-16(15)7-5-11/h2-3,8,11,14H,4-7H2,1H3. The van der Waals surface area contributed by atoms with E-state index in [-0.39, 0.29) is 5.82 Å². The van der Waals surface area contributed by atoms with Gasteiger partial charge in [-0.2, -0.15) is 0 Å². The van der Waals surface area contributed by atoms with Crippen molar-refractivity contribution in [3.8, 4) is 0 Å². The van der Waals surface area contributed by atoms with E-state index in [1.54, 1.807) is 6.07 Å². The zero-order valence-corrected chi connectivity index (χ0v) is 10.1. The summed E-state index contributed by atoms with van der Waals surface area (Å²) in [5.41, 5.74) is 1.91. The van der Waals surface area contributed by atoms with Crippen LogP contribution in [0.1, 0.15) is 18.4 Å². The zero-order chi connectivity index (χ0) is 11.5. The van der Waals surface area contributed by atoms with Crippen LogP contribution < -0.4 is 5.32 Å². The fourth-order valence-corrected chi connectivity index (χ4v) is 3.25. The number of hydrogen-bond donors (Lipinski definition) is 1. The molecule has 0 saturated carbocycles. The van der Waals surface area contributed by atoms with Crippen molar-refractivity contribution in [1.29, 1.82) is 0 Å². The molecule has 0 radical (unpaired) electrons. The van der Waals surface area contributed by atoms with Crippen LogP contribution in [0.25, 0.3) is 0 Å². The summed E-state index contributed by atoms with van der Waals surface area (Å²) in [5, 5.41) is 3.40. The molecule has 0 unspecified atom stereocenters. The van der Waals surface area contributed by atoms with E-state index in [2.05, 4.69) is 5.32 Å². The van der Waals surface area contributed by atoms with Crippen molar-refractivity contribution in [3.05, 3.63) is 29.6 Å². The minimum Gasteiger partial charge on any atom is -0.382 e. The Morgan fingerprint density at radius 3 is 2.69 bits per heavy atom.